The van der Waals surface area contributed by atoms with Gasteiger partial charge in [-0.15, -0.1) is 0 Å². The molecule has 128 valence electrons. The van der Waals surface area contributed by atoms with Crippen LogP contribution in [0.1, 0.15) is 32.3 Å². The Balaban J connectivity index is 1.81. The van der Waals surface area contributed by atoms with Gasteiger partial charge in [0.25, 0.3) is 0 Å². The monoisotopic (exact) mass is 320 g/mol. The van der Waals surface area contributed by atoms with Gasteiger partial charge in [-0.2, -0.15) is 0 Å². The summed E-state index contributed by atoms with van der Waals surface area (Å²) in [5.41, 5.74) is 1.00. The summed E-state index contributed by atoms with van der Waals surface area (Å²) < 4.78 is 13.2. The Hall–Kier alpha value is -1.62. The number of halogens is 1. The Bertz CT molecular complexity index is 504. The van der Waals surface area contributed by atoms with Crippen LogP contribution >= 0.6 is 0 Å². The number of benzene rings is 1. The molecule has 1 saturated heterocycles. The first-order chi connectivity index (χ1) is 11.2. The summed E-state index contributed by atoms with van der Waals surface area (Å²) in [6.07, 6.45) is 3.30. The van der Waals surface area contributed by atoms with Gasteiger partial charge in [0, 0.05) is 19.1 Å². The van der Waals surface area contributed by atoms with E-state index >= 15 is 0 Å². The van der Waals surface area contributed by atoms with Crippen LogP contribution in [0.4, 0.5) is 4.39 Å². The van der Waals surface area contributed by atoms with Crippen LogP contribution in [0.5, 0.6) is 0 Å². The van der Waals surface area contributed by atoms with E-state index in [1.807, 2.05) is 6.07 Å². The first-order valence-electron chi connectivity index (χ1n) is 8.73. The van der Waals surface area contributed by atoms with Gasteiger partial charge in [0.1, 0.15) is 5.82 Å². The Morgan fingerprint density at radius 2 is 2.22 bits per heavy atom. The molecule has 1 unspecified atom stereocenters. The van der Waals surface area contributed by atoms with E-state index < -0.39 is 0 Å². The number of hydrogen-bond donors (Lipinski definition) is 2. The number of aliphatic imine (C=N–C) groups is 1. The quantitative estimate of drug-likeness (QED) is 0.599. The summed E-state index contributed by atoms with van der Waals surface area (Å²) in [6.45, 7) is 9.00. The summed E-state index contributed by atoms with van der Waals surface area (Å²) in [5, 5.41) is 6.63. The molecule has 1 aromatic carbocycles. The van der Waals surface area contributed by atoms with Gasteiger partial charge in [-0.05, 0) is 57.0 Å². The highest BCUT2D eigenvalue weighted by Crippen LogP contribution is 2.16. The van der Waals surface area contributed by atoms with Crippen molar-refractivity contribution in [2.45, 2.75) is 39.2 Å². The Labute approximate surface area is 139 Å². The minimum atomic E-state index is -0.177. The first kappa shape index (κ1) is 17.7. The minimum absolute atomic E-state index is 0.177. The highest BCUT2D eigenvalue weighted by Gasteiger charge is 2.22. The fraction of sp³-hybridized carbons (Fsp3) is 0.611. The van der Waals surface area contributed by atoms with Gasteiger partial charge >= 0.3 is 0 Å². The lowest BCUT2D eigenvalue weighted by atomic mass is 10.1. The molecule has 0 bridgehead atoms. The van der Waals surface area contributed by atoms with Crippen LogP contribution in [0, 0.1) is 5.82 Å². The standard InChI is InChI=1S/C18H29FN4/c1-3-20-18(22-14-17-9-6-12-23(17)4-2)21-11-10-15-7-5-8-16(19)13-15/h5,7-8,13,17H,3-4,6,9-12,14H2,1-2H3,(H2,20,21,22). The zero-order valence-corrected chi connectivity index (χ0v) is 14.3. The number of likely N-dealkylation sites (tertiary alicyclic amines) is 1. The van der Waals surface area contributed by atoms with E-state index in [-0.39, 0.29) is 5.82 Å². The predicted molar refractivity (Wildman–Crippen MR) is 94.4 cm³/mol. The molecule has 0 aromatic heterocycles. The first-order valence-corrected chi connectivity index (χ1v) is 8.73. The van der Waals surface area contributed by atoms with E-state index in [0.717, 1.165) is 44.1 Å². The van der Waals surface area contributed by atoms with Crippen molar-refractivity contribution in [3.63, 3.8) is 0 Å². The number of likely N-dealkylation sites (N-methyl/N-ethyl adjacent to an activating group) is 1. The largest absolute Gasteiger partial charge is 0.357 e. The second kappa shape index (κ2) is 9.50. The number of guanidine groups is 1. The molecule has 1 aliphatic rings. The van der Waals surface area contributed by atoms with Crippen LogP contribution in [0.15, 0.2) is 29.3 Å². The molecule has 0 aliphatic carbocycles. The van der Waals surface area contributed by atoms with Crippen molar-refractivity contribution in [1.82, 2.24) is 15.5 Å². The zero-order valence-electron chi connectivity index (χ0n) is 14.3. The zero-order chi connectivity index (χ0) is 16.5. The van der Waals surface area contributed by atoms with E-state index in [0.29, 0.717) is 6.04 Å². The molecule has 0 saturated carbocycles. The molecule has 5 heteroatoms. The summed E-state index contributed by atoms with van der Waals surface area (Å²) >= 11 is 0. The van der Waals surface area contributed by atoms with E-state index in [2.05, 4.69) is 29.4 Å². The second-order valence-electron chi connectivity index (χ2n) is 5.95. The van der Waals surface area contributed by atoms with Crippen molar-refractivity contribution in [3.8, 4) is 0 Å². The predicted octanol–water partition coefficient (Wildman–Crippen LogP) is 2.41. The normalized spacial score (nSPS) is 19.1. The van der Waals surface area contributed by atoms with Gasteiger partial charge in [-0.1, -0.05) is 19.1 Å². The van der Waals surface area contributed by atoms with Crippen molar-refractivity contribution in [3.05, 3.63) is 35.6 Å². The molecule has 1 fully saturated rings. The average molecular weight is 320 g/mol. The Morgan fingerprint density at radius 3 is 2.96 bits per heavy atom. The van der Waals surface area contributed by atoms with Gasteiger partial charge in [-0.25, -0.2) is 4.39 Å². The summed E-state index contributed by atoms with van der Waals surface area (Å²) in [7, 11) is 0. The van der Waals surface area contributed by atoms with Crippen LogP contribution in [0.2, 0.25) is 0 Å². The lowest BCUT2D eigenvalue weighted by molar-refractivity contribution is 0.273. The number of hydrogen-bond acceptors (Lipinski definition) is 2. The van der Waals surface area contributed by atoms with Crippen molar-refractivity contribution in [2.75, 3.05) is 32.7 Å². The molecule has 1 heterocycles. The van der Waals surface area contributed by atoms with Crippen LogP contribution < -0.4 is 10.6 Å². The SMILES string of the molecule is CCNC(=NCC1CCCN1CC)NCCc1cccc(F)c1. The van der Waals surface area contributed by atoms with Crippen molar-refractivity contribution in [2.24, 2.45) is 4.99 Å². The Kier molecular flexibility index (Phi) is 7.33. The Morgan fingerprint density at radius 1 is 1.35 bits per heavy atom. The maximum absolute atomic E-state index is 13.2. The van der Waals surface area contributed by atoms with E-state index in [1.54, 1.807) is 12.1 Å². The third-order valence-corrected chi connectivity index (χ3v) is 4.30. The van der Waals surface area contributed by atoms with Crippen LogP contribution in [-0.4, -0.2) is 49.6 Å². The summed E-state index contributed by atoms with van der Waals surface area (Å²) in [6, 6.07) is 7.33. The minimum Gasteiger partial charge on any atom is -0.357 e. The fourth-order valence-corrected chi connectivity index (χ4v) is 3.07. The number of nitrogens with one attached hydrogen (secondary N) is 2. The van der Waals surface area contributed by atoms with Crippen molar-refractivity contribution >= 4 is 5.96 Å². The average Bonchev–Trinajstić information content (AvgIpc) is 3.00. The highest BCUT2D eigenvalue weighted by atomic mass is 19.1. The number of rotatable bonds is 7. The van der Waals surface area contributed by atoms with Gasteiger partial charge in [0.2, 0.25) is 0 Å². The molecule has 2 rings (SSSR count). The molecule has 0 radical (unpaired) electrons. The fourth-order valence-electron chi connectivity index (χ4n) is 3.07. The maximum atomic E-state index is 13.2. The smallest absolute Gasteiger partial charge is 0.191 e. The molecule has 23 heavy (non-hydrogen) atoms. The van der Waals surface area contributed by atoms with Crippen LogP contribution in [-0.2, 0) is 6.42 Å². The van der Waals surface area contributed by atoms with Crippen LogP contribution in [0.25, 0.3) is 0 Å². The molecule has 4 nitrogen and oxygen atoms in total. The summed E-state index contributed by atoms with van der Waals surface area (Å²) in [5.74, 6) is 0.677. The second-order valence-corrected chi connectivity index (χ2v) is 5.95. The molecule has 1 aromatic rings. The van der Waals surface area contributed by atoms with E-state index in [9.17, 15) is 4.39 Å². The topological polar surface area (TPSA) is 39.7 Å². The third-order valence-electron chi connectivity index (χ3n) is 4.30. The molecular formula is C18H29FN4. The van der Waals surface area contributed by atoms with Gasteiger partial charge in [-0.3, -0.25) is 9.89 Å². The van der Waals surface area contributed by atoms with Crippen molar-refractivity contribution < 1.29 is 4.39 Å². The third kappa shape index (κ3) is 5.82. The molecular weight excluding hydrogens is 291 g/mol. The van der Waals surface area contributed by atoms with Gasteiger partial charge in [0.05, 0.1) is 6.54 Å². The van der Waals surface area contributed by atoms with Crippen LogP contribution in [0.3, 0.4) is 0 Å². The van der Waals surface area contributed by atoms with Gasteiger partial charge in [0.15, 0.2) is 5.96 Å². The molecule has 1 atom stereocenters. The lowest BCUT2D eigenvalue weighted by Gasteiger charge is -2.21. The molecule has 0 spiro atoms. The number of nitrogens with zero attached hydrogens (tertiary/aromatic N) is 2. The lowest BCUT2D eigenvalue weighted by Crippen LogP contribution is -2.40. The van der Waals surface area contributed by atoms with Crippen molar-refractivity contribution in [1.29, 1.82) is 0 Å². The van der Waals surface area contributed by atoms with Gasteiger partial charge < -0.3 is 10.6 Å². The molecule has 2 N–H and O–H groups in total. The van der Waals surface area contributed by atoms with E-state index in [4.69, 9.17) is 4.99 Å². The molecule has 1 aliphatic heterocycles. The highest BCUT2D eigenvalue weighted by molar-refractivity contribution is 5.79. The maximum Gasteiger partial charge on any atom is 0.191 e. The van der Waals surface area contributed by atoms with E-state index in [1.165, 1.54) is 25.5 Å². The molecule has 0 amide bonds. The summed E-state index contributed by atoms with van der Waals surface area (Å²) in [4.78, 5) is 7.22.